The molecule has 0 heterocycles. The molecule has 2 fully saturated rings. The molecule has 17 heavy (non-hydrogen) atoms. The van der Waals surface area contributed by atoms with Crippen molar-refractivity contribution in [2.45, 2.75) is 57.4 Å². The van der Waals surface area contributed by atoms with E-state index in [4.69, 9.17) is 5.11 Å². The number of carbonyl (C=O) groups is 2. The third-order valence-electron chi connectivity index (χ3n) is 4.13. The van der Waals surface area contributed by atoms with Gasteiger partial charge in [0.2, 0.25) is 5.91 Å². The van der Waals surface area contributed by atoms with E-state index in [-0.39, 0.29) is 17.9 Å². The molecular weight excluding hydrogens is 218 g/mol. The molecule has 0 saturated heterocycles. The SMILES string of the molecule is O=C(CC1CCCC1)N[C@H]1CCC[C@H]1C(=O)O. The second kappa shape index (κ2) is 5.52. The normalized spacial score (nSPS) is 29.4. The Labute approximate surface area is 102 Å². The van der Waals surface area contributed by atoms with Crippen molar-refractivity contribution in [1.29, 1.82) is 0 Å². The van der Waals surface area contributed by atoms with E-state index >= 15 is 0 Å². The molecule has 0 radical (unpaired) electrons. The number of hydrogen-bond donors (Lipinski definition) is 2. The zero-order valence-electron chi connectivity index (χ0n) is 10.2. The van der Waals surface area contributed by atoms with E-state index in [1.54, 1.807) is 0 Å². The Morgan fingerprint density at radius 2 is 1.76 bits per heavy atom. The van der Waals surface area contributed by atoms with Crippen molar-refractivity contribution in [2.75, 3.05) is 0 Å². The zero-order valence-corrected chi connectivity index (χ0v) is 10.2. The summed E-state index contributed by atoms with van der Waals surface area (Å²) in [6, 6.07) is -0.138. The van der Waals surface area contributed by atoms with Crippen molar-refractivity contribution in [2.24, 2.45) is 11.8 Å². The maximum Gasteiger partial charge on any atom is 0.308 e. The van der Waals surface area contributed by atoms with Crippen molar-refractivity contribution < 1.29 is 14.7 Å². The van der Waals surface area contributed by atoms with E-state index in [0.29, 0.717) is 18.8 Å². The van der Waals surface area contributed by atoms with Gasteiger partial charge in [-0.25, -0.2) is 0 Å². The quantitative estimate of drug-likeness (QED) is 0.787. The summed E-state index contributed by atoms with van der Waals surface area (Å²) < 4.78 is 0. The topological polar surface area (TPSA) is 66.4 Å². The largest absolute Gasteiger partial charge is 0.481 e. The lowest BCUT2D eigenvalue weighted by Crippen LogP contribution is -2.40. The highest BCUT2D eigenvalue weighted by atomic mass is 16.4. The van der Waals surface area contributed by atoms with Crippen LogP contribution in [-0.4, -0.2) is 23.0 Å². The molecule has 0 aromatic carbocycles. The number of carbonyl (C=O) groups excluding carboxylic acids is 1. The Bertz CT molecular complexity index is 297. The minimum atomic E-state index is -0.770. The summed E-state index contributed by atoms with van der Waals surface area (Å²) in [7, 11) is 0. The van der Waals surface area contributed by atoms with E-state index in [0.717, 1.165) is 25.7 Å². The summed E-state index contributed by atoms with van der Waals surface area (Å²) in [5.41, 5.74) is 0. The van der Waals surface area contributed by atoms with E-state index in [1.807, 2.05) is 0 Å². The Balaban J connectivity index is 1.79. The van der Waals surface area contributed by atoms with Crippen LogP contribution >= 0.6 is 0 Å². The highest BCUT2D eigenvalue weighted by molar-refractivity contribution is 5.78. The Morgan fingerprint density at radius 1 is 1.06 bits per heavy atom. The maximum atomic E-state index is 11.8. The average molecular weight is 239 g/mol. The van der Waals surface area contributed by atoms with Gasteiger partial charge < -0.3 is 10.4 Å². The maximum absolute atomic E-state index is 11.8. The molecule has 2 N–H and O–H groups in total. The smallest absolute Gasteiger partial charge is 0.308 e. The van der Waals surface area contributed by atoms with Gasteiger partial charge in [0.25, 0.3) is 0 Å². The van der Waals surface area contributed by atoms with Gasteiger partial charge in [-0.05, 0) is 31.6 Å². The Hall–Kier alpha value is -1.06. The predicted octanol–water partition coefficient (Wildman–Crippen LogP) is 1.94. The monoisotopic (exact) mass is 239 g/mol. The first-order valence-corrected chi connectivity index (χ1v) is 6.69. The fourth-order valence-electron chi connectivity index (χ4n) is 3.17. The summed E-state index contributed by atoms with van der Waals surface area (Å²) in [4.78, 5) is 22.8. The number of aliphatic carboxylic acids is 1. The number of carboxylic acid groups (broad SMARTS) is 1. The van der Waals surface area contributed by atoms with Crippen LogP contribution in [0.4, 0.5) is 0 Å². The zero-order chi connectivity index (χ0) is 12.3. The Kier molecular flexibility index (Phi) is 4.02. The van der Waals surface area contributed by atoms with E-state index < -0.39 is 5.97 Å². The molecule has 2 rings (SSSR count). The molecule has 2 saturated carbocycles. The van der Waals surface area contributed by atoms with Gasteiger partial charge >= 0.3 is 5.97 Å². The molecule has 1 amide bonds. The van der Waals surface area contributed by atoms with Crippen molar-refractivity contribution in [1.82, 2.24) is 5.32 Å². The second-order valence-electron chi connectivity index (χ2n) is 5.40. The second-order valence-corrected chi connectivity index (χ2v) is 5.40. The fraction of sp³-hybridized carbons (Fsp3) is 0.846. The van der Waals surface area contributed by atoms with Gasteiger partial charge in [-0.2, -0.15) is 0 Å². The van der Waals surface area contributed by atoms with Crippen LogP contribution in [0.15, 0.2) is 0 Å². The van der Waals surface area contributed by atoms with Crippen LogP contribution in [-0.2, 0) is 9.59 Å². The first-order valence-electron chi connectivity index (χ1n) is 6.69. The van der Waals surface area contributed by atoms with Gasteiger partial charge in [0.1, 0.15) is 0 Å². The fourth-order valence-corrected chi connectivity index (χ4v) is 3.17. The number of rotatable bonds is 4. The van der Waals surface area contributed by atoms with Gasteiger partial charge in [0, 0.05) is 12.5 Å². The Morgan fingerprint density at radius 3 is 2.41 bits per heavy atom. The third kappa shape index (κ3) is 3.20. The van der Waals surface area contributed by atoms with E-state index in [1.165, 1.54) is 12.8 Å². The van der Waals surface area contributed by atoms with Crippen LogP contribution in [0.3, 0.4) is 0 Å². The van der Waals surface area contributed by atoms with Gasteiger partial charge in [-0.1, -0.05) is 19.3 Å². The molecule has 2 aliphatic carbocycles. The molecule has 0 aliphatic heterocycles. The first kappa shape index (κ1) is 12.4. The molecule has 0 aromatic heterocycles. The summed E-state index contributed by atoms with van der Waals surface area (Å²) in [5, 5.41) is 11.9. The number of carboxylic acids is 1. The standard InChI is InChI=1S/C13H21NO3/c15-12(8-9-4-1-2-5-9)14-11-7-3-6-10(11)13(16)17/h9-11H,1-8H2,(H,14,15)(H,16,17)/t10-,11+/m1/s1. The number of hydrogen-bond acceptors (Lipinski definition) is 2. The third-order valence-corrected chi connectivity index (χ3v) is 4.13. The molecule has 2 atom stereocenters. The molecule has 0 spiro atoms. The summed E-state index contributed by atoms with van der Waals surface area (Å²) in [5.74, 6) is -0.564. The summed E-state index contributed by atoms with van der Waals surface area (Å²) in [6.07, 6.45) is 7.78. The molecule has 0 bridgehead atoms. The van der Waals surface area contributed by atoms with Gasteiger partial charge in [-0.3, -0.25) is 9.59 Å². The lowest BCUT2D eigenvalue weighted by Gasteiger charge is -2.18. The molecule has 4 nitrogen and oxygen atoms in total. The summed E-state index contributed by atoms with van der Waals surface area (Å²) in [6.45, 7) is 0. The van der Waals surface area contributed by atoms with Crippen LogP contribution in [0.1, 0.15) is 51.4 Å². The predicted molar refractivity (Wildman–Crippen MR) is 63.5 cm³/mol. The molecule has 4 heteroatoms. The average Bonchev–Trinajstić information content (AvgIpc) is 2.88. The number of amides is 1. The molecule has 0 aromatic rings. The van der Waals surface area contributed by atoms with E-state index in [9.17, 15) is 9.59 Å². The van der Waals surface area contributed by atoms with Crippen molar-refractivity contribution in [3.8, 4) is 0 Å². The van der Waals surface area contributed by atoms with Crippen molar-refractivity contribution in [3.63, 3.8) is 0 Å². The highest BCUT2D eigenvalue weighted by Crippen LogP contribution is 2.29. The minimum absolute atomic E-state index is 0.0510. The van der Waals surface area contributed by atoms with Crippen LogP contribution in [0.25, 0.3) is 0 Å². The van der Waals surface area contributed by atoms with Crippen molar-refractivity contribution in [3.05, 3.63) is 0 Å². The van der Waals surface area contributed by atoms with E-state index in [2.05, 4.69) is 5.32 Å². The lowest BCUT2D eigenvalue weighted by molar-refractivity contribution is -0.142. The summed E-state index contributed by atoms with van der Waals surface area (Å²) >= 11 is 0. The molecule has 0 unspecified atom stereocenters. The first-order chi connectivity index (χ1) is 8.16. The number of nitrogens with one attached hydrogen (secondary N) is 1. The lowest BCUT2D eigenvalue weighted by atomic mass is 10.0. The van der Waals surface area contributed by atoms with Gasteiger partial charge in [-0.15, -0.1) is 0 Å². The van der Waals surface area contributed by atoms with Crippen LogP contribution < -0.4 is 5.32 Å². The van der Waals surface area contributed by atoms with Gasteiger partial charge in [0.15, 0.2) is 0 Å². The molecule has 96 valence electrons. The van der Waals surface area contributed by atoms with Crippen molar-refractivity contribution >= 4 is 11.9 Å². The molecule has 2 aliphatic rings. The van der Waals surface area contributed by atoms with Crippen LogP contribution in [0, 0.1) is 11.8 Å². The van der Waals surface area contributed by atoms with Crippen LogP contribution in [0.5, 0.6) is 0 Å². The van der Waals surface area contributed by atoms with Crippen LogP contribution in [0.2, 0.25) is 0 Å². The molecular formula is C13H21NO3. The van der Waals surface area contributed by atoms with Gasteiger partial charge in [0.05, 0.1) is 5.92 Å². The highest BCUT2D eigenvalue weighted by Gasteiger charge is 2.34. The minimum Gasteiger partial charge on any atom is -0.481 e.